The van der Waals surface area contributed by atoms with Gasteiger partial charge in [-0.3, -0.25) is 14.2 Å². The normalized spacial score (nSPS) is 11.3. The van der Waals surface area contributed by atoms with E-state index in [-0.39, 0.29) is 5.78 Å². The number of hydrogen-bond donors (Lipinski definition) is 0. The van der Waals surface area contributed by atoms with Gasteiger partial charge in [-0.15, -0.1) is 0 Å². The lowest BCUT2D eigenvalue weighted by atomic mass is 10.0. The largest absolute Gasteiger partial charge is 0.299 e. The Morgan fingerprint density at radius 3 is 2.45 bits per heavy atom. The van der Waals surface area contributed by atoms with E-state index in [4.69, 9.17) is 0 Å². The van der Waals surface area contributed by atoms with Crippen LogP contribution in [0, 0.1) is 13.8 Å². The molecule has 0 aromatic carbocycles. The van der Waals surface area contributed by atoms with Crippen LogP contribution in [0.25, 0.3) is 0 Å². The van der Waals surface area contributed by atoms with Crippen molar-refractivity contribution in [3.8, 4) is 0 Å². The minimum absolute atomic E-state index is 0.179. The van der Waals surface area contributed by atoms with Gasteiger partial charge in [-0.1, -0.05) is 0 Å². The van der Waals surface area contributed by atoms with Crippen molar-refractivity contribution in [1.29, 1.82) is 0 Å². The molecule has 0 unspecified atom stereocenters. The van der Waals surface area contributed by atoms with E-state index in [2.05, 4.69) is 24.0 Å². The number of aryl methyl sites for hydroxylation is 2. The van der Waals surface area contributed by atoms with E-state index in [1.165, 1.54) is 0 Å². The van der Waals surface area contributed by atoms with Gasteiger partial charge in [-0.2, -0.15) is 10.2 Å². The Kier molecular flexibility index (Phi) is 4.06. The average Bonchev–Trinajstić information content (AvgIpc) is 2.91. The van der Waals surface area contributed by atoms with E-state index in [0.29, 0.717) is 18.9 Å². The summed E-state index contributed by atoms with van der Waals surface area (Å²) < 4.78 is 3.70. The molecule has 0 fully saturated rings. The van der Waals surface area contributed by atoms with Gasteiger partial charge in [0.15, 0.2) is 0 Å². The van der Waals surface area contributed by atoms with Gasteiger partial charge in [0, 0.05) is 37.0 Å². The van der Waals surface area contributed by atoms with Crippen LogP contribution in [-0.2, 0) is 24.7 Å². The molecule has 0 saturated carbocycles. The summed E-state index contributed by atoms with van der Waals surface area (Å²) in [6, 6.07) is 2.24. The SMILES string of the molecule is Cc1nn(C)c(C)c1CC(=O)Cc1ccn(C(C)C)n1. The molecule has 5 heteroatoms. The predicted molar refractivity (Wildman–Crippen MR) is 77.7 cm³/mol. The molecule has 0 amide bonds. The van der Waals surface area contributed by atoms with Gasteiger partial charge in [0.2, 0.25) is 0 Å². The second-order valence-electron chi connectivity index (χ2n) is 5.55. The molecule has 108 valence electrons. The highest BCUT2D eigenvalue weighted by atomic mass is 16.1. The average molecular weight is 274 g/mol. The first kappa shape index (κ1) is 14.5. The van der Waals surface area contributed by atoms with Crippen molar-refractivity contribution in [2.45, 2.75) is 46.6 Å². The van der Waals surface area contributed by atoms with Gasteiger partial charge in [0.1, 0.15) is 5.78 Å². The van der Waals surface area contributed by atoms with E-state index in [0.717, 1.165) is 22.6 Å². The first-order valence-electron chi connectivity index (χ1n) is 6.93. The molecule has 0 bridgehead atoms. The van der Waals surface area contributed by atoms with Crippen molar-refractivity contribution in [2.24, 2.45) is 7.05 Å². The highest BCUT2D eigenvalue weighted by molar-refractivity contribution is 5.83. The molecular weight excluding hydrogens is 252 g/mol. The Morgan fingerprint density at radius 1 is 1.25 bits per heavy atom. The zero-order chi connectivity index (χ0) is 14.9. The summed E-state index contributed by atoms with van der Waals surface area (Å²) in [5.41, 5.74) is 3.87. The third-order valence-electron chi connectivity index (χ3n) is 3.60. The van der Waals surface area contributed by atoms with Gasteiger partial charge >= 0.3 is 0 Å². The third-order valence-corrected chi connectivity index (χ3v) is 3.60. The van der Waals surface area contributed by atoms with Crippen LogP contribution in [0.1, 0.15) is 42.5 Å². The predicted octanol–water partition coefficient (Wildman–Crippen LogP) is 2.17. The van der Waals surface area contributed by atoms with E-state index >= 15 is 0 Å². The maximum absolute atomic E-state index is 12.2. The van der Waals surface area contributed by atoms with Crippen LogP contribution in [-0.4, -0.2) is 25.3 Å². The van der Waals surface area contributed by atoms with Gasteiger partial charge < -0.3 is 0 Å². The molecule has 2 aromatic heterocycles. The van der Waals surface area contributed by atoms with E-state index in [1.54, 1.807) is 0 Å². The molecule has 0 N–H and O–H groups in total. The topological polar surface area (TPSA) is 52.7 Å². The van der Waals surface area contributed by atoms with Gasteiger partial charge in [0.05, 0.1) is 17.8 Å². The second-order valence-corrected chi connectivity index (χ2v) is 5.55. The van der Waals surface area contributed by atoms with Gasteiger partial charge in [-0.25, -0.2) is 0 Å². The lowest BCUT2D eigenvalue weighted by Crippen LogP contribution is -2.09. The second kappa shape index (κ2) is 5.61. The van der Waals surface area contributed by atoms with Crippen LogP contribution >= 0.6 is 0 Å². The smallest absolute Gasteiger partial charge is 0.143 e. The molecule has 2 aromatic rings. The number of Topliss-reactive ketones (excluding diaryl/α,β-unsaturated/α-hetero) is 1. The third kappa shape index (κ3) is 2.98. The molecule has 5 nitrogen and oxygen atoms in total. The number of ketones is 1. The summed E-state index contributed by atoms with van der Waals surface area (Å²) in [5.74, 6) is 0.179. The first-order chi connectivity index (χ1) is 9.38. The van der Waals surface area contributed by atoms with Crippen molar-refractivity contribution in [3.05, 3.63) is 34.9 Å². The number of rotatable bonds is 5. The molecule has 0 saturated heterocycles. The van der Waals surface area contributed by atoms with E-state index in [1.807, 2.05) is 42.5 Å². The summed E-state index contributed by atoms with van der Waals surface area (Å²) in [5, 5.41) is 8.76. The van der Waals surface area contributed by atoms with Crippen LogP contribution in [0.4, 0.5) is 0 Å². The Morgan fingerprint density at radius 2 is 1.95 bits per heavy atom. The van der Waals surface area contributed by atoms with Crippen LogP contribution < -0.4 is 0 Å². The Bertz CT molecular complexity index is 622. The molecular formula is C15H22N4O. The van der Waals surface area contributed by atoms with E-state index < -0.39 is 0 Å². The van der Waals surface area contributed by atoms with Gasteiger partial charge in [0.25, 0.3) is 0 Å². The fourth-order valence-electron chi connectivity index (χ4n) is 2.29. The lowest BCUT2D eigenvalue weighted by Gasteiger charge is -2.04. The molecule has 0 atom stereocenters. The van der Waals surface area contributed by atoms with Crippen LogP contribution in [0.15, 0.2) is 12.3 Å². The van der Waals surface area contributed by atoms with Crippen LogP contribution in [0.2, 0.25) is 0 Å². The summed E-state index contributed by atoms with van der Waals surface area (Å²) in [4.78, 5) is 12.2. The number of nitrogens with zero attached hydrogens (tertiary/aromatic N) is 4. The highest BCUT2D eigenvalue weighted by Crippen LogP contribution is 2.14. The molecule has 0 aliphatic rings. The maximum atomic E-state index is 12.2. The van der Waals surface area contributed by atoms with Gasteiger partial charge in [-0.05, 0) is 33.8 Å². The lowest BCUT2D eigenvalue weighted by molar-refractivity contribution is -0.117. The summed E-state index contributed by atoms with van der Waals surface area (Å²) >= 11 is 0. The molecule has 0 radical (unpaired) electrons. The Balaban J connectivity index is 2.05. The Labute approximate surface area is 119 Å². The highest BCUT2D eigenvalue weighted by Gasteiger charge is 2.15. The first-order valence-corrected chi connectivity index (χ1v) is 6.93. The van der Waals surface area contributed by atoms with Crippen LogP contribution in [0.5, 0.6) is 0 Å². The van der Waals surface area contributed by atoms with Crippen molar-refractivity contribution in [3.63, 3.8) is 0 Å². The summed E-state index contributed by atoms with van der Waals surface area (Å²) in [6.07, 6.45) is 2.74. The van der Waals surface area contributed by atoms with E-state index in [9.17, 15) is 4.79 Å². The molecule has 0 aliphatic carbocycles. The quantitative estimate of drug-likeness (QED) is 0.839. The number of carbonyl (C=O) groups is 1. The zero-order valence-corrected chi connectivity index (χ0v) is 12.8. The van der Waals surface area contributed by atoms with Crippen molar-refractivity contribution in [2.75, 3.05) is 0 Å². The number of carbonyl (C=O) groups excluding carboxylic acids is 1. The fourth-order valence-corrected chi connectivity index (χ4v) is 2.29. The van der Waals surface area contributed by atoms with Crippen LogP contribution in [0.3, 0.4) is 0 Å². The minimum atomic E-state index is 0.179. The minimum Gasteiger partial charge on any atom is -0.299 e. The van der Waals surface area contributed by atoms with Crippen molar-refractivity contribution >= 4 is 5.78 Å². The number of aromatic nitrogens is 4. The number of hydrogen-bond acceptors (Lipinski definition) is 3. The maximum Gasteiger partial charge on any atom is 0.143 e. The molecule has 0 aliphatic heterocycles. The summed E-state index contributed by atoms with van der Waals surface area (Å²) in [7, 11) is 1.90. The molecule has 2 heterocycles. The molecule has 2 rings (SSSR count). The standard InChI is InChI=1S/C15H22N4O/c1-10(2)19-7-6-13(17-19)8-14(20)9-15-11(3)16-18(5)12(15)4/h6-7,10H,8-9H2,1-5H3. The van der Waals surface area contributed by atoms with Crippen molar-refractivity contribution in [1.82, 2.24) is 19.6 Å². The molecule has 0 spiro atoms. The Hall–Kier alpha value is -1.91. The fraction of sp³-hybridized carbons (Fsp3) is 0.533. The zero-order valence-electron chi connectivity index (χ0n) is 12.8. The summed E-state index contributed by atoms with van der Waals surface area (Å²) in [6.45, 7) is 8.08. The van der Waals surface area contributed by atoms with Crippen molar-refractivity contribution < 1.29 is 4.79 Å². The monoisotopic (exact) mass is 274 g/mol. The molecule has 20 heavy (non-hydrogen) atoms.